The first-order valence-electron chi connectivity index (χ1n) is 9.31. The van der Waals surface area contributed by atoms with Crippen LogP contribution in [0.4, 0.5) is 0 Å². The fourth-order valence-corrected chi connectivity index (χ4v) is 6.07. The lowest BCUT2D eigenvalue weighted by atomic mass is 9.98. The van der Waals surface area contributed by atoms with Gasteiger partial charge < -0.3 is 4.90 Å². The molecule has 3 heterocycles. The molecule has 1 aliphatic rings. The lowest BCUT2D eigenvalue weighted by Crippen LogP contribution is -2.39. The number of thiazole rings is 2. The average Bonchev–Trinajstić information content (AvgIpc) is 3.31. The van der Waals surface area contributed by atoms with Gasteiger partial charge in [0.15, 0.2) is 0 Å². The number of para-hydroxylation sites is 1. The fourth-order valence-electron chi connectivity index (χ4n) is 3.44. The van der Waals surface area contributed by atoms with Gasteiger partial charge in [-0.2, -0.15) is 11.8 Å². The minimum atomic E-state index is 0.280. The van der Waals surface area contributed by atoms with Gasteiger partial charge in [-0.15, -0.1) is 22.7 Å². The van der Waals surface area contributed by atoms with Gasteiger partial charge in [0.25, 0.3) is 0 Å². The Morgan fingerprint density at radius 1 is 1.33 bits per heavy atom. The normalized spacial score (nSPS) is 17.5. The van der Waals surface area contributed by atoms with Crippen LogP contribution in [0, 0.1) is 6.92 Å². The summed E-state index contributed by atoms with van der Waals surface area (Å²) in [5.41, 5.74) is 2.21. The van der Waals surface area contributed by atoms with Crippen molar-refractivity contribution in [2.45, 2.75) is 37.9 Å². The molecule has 0 aliphatic carbocycles. The molecule has 1 aliphatic heterocycles. The average molecular weight is 418 g/mol. The molecule has 1 atom stereocenters. The predicted octanol–water partition coefficient (Wildman–Crippen LogP) is 5.09. The van der Waals surface area contributed by atoms with E-state index in [0.717, 1.165) is 53.7 Å². The molecule has 3 aromatic rings. The van der Waals surface area contributed by atoms with E-state index in [9.17, 15) is 4.79 Å². The minimum absolute atomic E-state index is 0.280. The molecule has 27 heavy (non-hydrogen) atoms. The largest absolute Gasteiger partial charge is 0.342 e. The van der Waals surface area contributed by atoms with Crippen LogP contribution in [0.1, 0.15) is 40.9 Å². The van der Waals surface area contributed by atoms with Crippen molar-refractivity contribution in [2.24, 2.45) is 0 Å². The van der Waals surface area contributed by atoms with Crippen LogP contribution >= 0.6 is 34.4 Å². The number of aromatic nitrogens is 2. The number of piperidine rings is 1. The Kier molecular flexibility index (Phi) is 6.10. The standard InChI is InChI=1S/C20H23N3OS3/c1-14-21-16(13-26-14)12-25-10-8-19(24)23-9-4-5-15(11-23)20-22-17-6-2-3-7-18(17)27-20/h2-3,6-7,13,15H,4-5,8-12H2,1H3/t15-/m0/s1. The highest BCUT2D eigenvalue weighted by Crippen LogP contribution is 2.33. The van der Waals surface area contributed by atoms with E-state index in [1.807, 2.05) is 17.9 Å². The summed E-state index contributed by atoms with van der Waals surface area (Å²) in [6.45, 7) is 3.73. The number of likely N-dealkylation sites (tertiary alicyclic amines) is 1. The first kappa shape index (κ1) is 18.9. The molecule has 4 rings (SSSR count). The Labute approximate surface area is 172 Å². The van der Waals surface area contributed by atoms with Gasteiger partial charge in [-0.25, -0.2) is 9.97 Å². The first-order valence-corrected chi connectivity index (χ1v) is 12.2. The van der Waals surface area contributed by atoms with E-state index < -0.39 is 0 Å². The van der Waals surface area contributed by atoms with Crippen molar-refractivity contribution in [1.29, 1.82) is 0 Å². The van der Waals surface area contributed by atoms with E-state index in [1.54, 1.807) is 34.4 Å². The van der Waals surface area contributed by atoms with Gasteiger partial charge in [0, 0.05) is 42.3 Å². The highest BCUT2D eigenvalue weighted by molar-refractivity contribution is 7.98. The van der Waals surface area contributed by atoms with Gasteiger partial charge in [0.05, 0.1) is 25.9 Å². The predicted molar refractivity (Wildman–Crippen MR) is 116 cm³/mol. The molecular formula is C20H23N3OS3. The topological polar surface area (TPSA) is 46.1 Å². The molecule has 1 saturated heterocycles. The summed E-state index contributed by atoms with van der Waals surface area (Å²) in [6, 6.07) is 8.30. The molecule has 0 N–H and O–H groups in total. The molecule has 7 heteroatoms. The van der Waals surface area contributed by atoms with Gasteiger partial charge in [-0.1, -0.05) is 12.1 Å². The summed E-state index contributed by atoms with van der Waals surface area (Å²) in [5, 5.41) is 4.40. The SMILES string of the molecule is Cc1nc(CSCCC(=O)N2CCC[C@H](c3nc4ccccc4s3)C2)cs1. The Hall–Kier alpha value is -1.44. The smallest absolute Gasteiger partial charge is 0.223 e. The maximum Gasteiger partial charge on any atom is 0.223 e. The summed E-state index contributed by atoms with van der Waals surface area (Å²) in [4.78, 5) is 24.0. The highest BCUT2D eigenvalue weighted by Gasteiger charge is 2.26. The molecular weight excluding hydrogens is 394 g/mol. The number of rotatable bonds is 6. The number of benzene rings is 1. The van der Waals surface area contributed by atoms with E-state index in [4.69, 9.17) is 4.98 Å². The Morgan fingerprint density at radius 2 is 2.22 bits per heavy atom. The number of thioether (sulfide) groups is 1. The van der Waals surface area contributed by atoms with E-state index in [2.05, 4.69) is 28.6 Å². The van der Waals surface area contributed by atoms with Crippen molar-refractivity contribution >= 4 is 50.6 Å². The van der Waals surface area contributed by atoms with E-state index in [0.29, 0.717) is 12.3 Å². The monoisotopic (exact) mass is 417 g/mol. The number of fused-ring (bicyclic) bond motifs is 1. The summed E-state index contributed by atoms with van der Waals surface area (Å²) >= 11 is 5.26. The molecule has 0 unspecified atom stereocenters. The lowest BCUT2D eigenvalue weighted by molar-refractivity contribution is -0.131. The lowest BCUT2D eigenvalue weighted by Gasteiger charge is -2.32. The van der Waals surface area contributed by atoms with Crippen molar-refractivity contribution < 1.29 is 4.79 Å². The van der Waals surface area contributed by atoms with Crippen molar-refractivity contribution in [3.05, 3.63) is 45.4 Å². The van der Waals surface area contributed by atoms with Crippen LogP contribution < -0.4 is 0 Å². The number of carbonyl (C=O) groups is 1. The molecule has 0 spiro atoms. The third-order valence-corrected chi connectivity index (χ3v) is 7.82. The van der Waals surface area contributed by atoms with Crippen molar-refractivity contribution in [2.75, 3.05) is 18.8 Å². The van der Waals surface area contributed by atoms with Gasteiger partial charge >= 0.3 is 0 Å². The minimum Gasteiger partial charge on any atom is -0.342 e. The number of nitrogens with zero attached hydrogens (tertiary/aromatic N) is 3. The van der Waals surface area contributed by atoms with E-state index in [-0.39, 0.29) is 5.91 Å². The van der Waals surface area contributed by atoms with Crippen molar-refractivity contribution in [1.82, 2.24) is 14.9 Å². The number of hydrogen-bond acceptors (Lipinski definition) is 6. The summed E-state index contributed by atoms with van der Waals surface area (Å²) in [7, 11) is 0. The molecule has 142 valence electrons. The number of carbonyl (C=O) groups excluding carboxylic acids is 1. The summed E-state index contributed by atoms with van der Waals surface area (Å²) < 4.78 is 1.24. The zero-order valence-electron chi connectivity index (χ0n) is 15.4. The van der Waals surface area contributed by atoms with Crippen LogP contribution in [0.5, 0.6) is 0 Å². The first-order chi connectivity index (χ1) is 13.2. The molecule has 2 aromatic heterocycles. The van der Waals surface area contributed by atoms with Crippen LogP contribution in [0.3, 0.4) is 0 Å². The molecule has 4 nitrogen and oxygen atoms in total. The molecule has 1 amide bonds. The second-order valence-electron chi connectivity index (χ2n) is 6.86. The van der Waals surface area contributed by atoms with Crippen LogP contribution in [0.15, 0.2) is 29.6 Å². The van der Waals surface area contributed by atoms with E-state index >= 15 is 0 Å². The van der Waals surface area contributed by atoms with Gasteiger partial charge in [-0.3, -0.25) is 4.79 Å². The molecule has 0 bridgehead atoms. The third-order valence-electron chi connectivity index (χ3n) is 4.81. The quantitative estimate of drug-likeness (QED) is 0.524. The molecule has 1 fully saturated rings. The Bertz CT molecular complexity index is 887. The maximum atomic E-state index is 12.6. The van der Waals surface area contributed by atoms with Crippen LogP contribution in [0.2, 0.25) is 0 Å². The third kappa shape index (κ3) is 4.70. The zero-order chi connectivity index (χ0) is 18.6. The number of amides is 1. The maximum absolute atomic E-state index is 12.6. The van der Waals surface area contributed by atoms with Crippen molar-refractivity contribution in [3.8, 4) is 0 Å². The van der Waals surface area contributed by atoms with Gasteiger partial charge in [-0.05, 0) is 31.9 Å². The van der Waals surface area contributed by atoms with Crippen LogP contribution in [0.25, 0.3) is 10.2 Å². The zero-order valence-corrected chi connectivity index (χ0v) is 17.8. The second kappa shape index (κ2) is 8.71. The van der Waals surface area contributed by atoms with Gasteiger partial charge in [0.2, 0.25) is 5.91 Å². The van der Waals surface area contributed by atoms with Crippen molar-refractivity contribution in [3.63, 3.8) is 0 Å². The second-order valence-corrected chi connectivity index (χ2v) is 10.1. The molecule has 1 aromatic carbocycles. The number of hydrogen-bond donors (Lipinski definition) is 0. The Balaban J connectivity index is 1.28. The fraction of sp³-hybridized carbons (Fsp3) is 0.450. The van der Waals surface area contributed by atoms with Crippen LogP contribution in [-0.2, 0) is 10.5 Å². The molecule has 0 saturated carbocycles. The highest BCUT2D eigenvalue weighted by atomic mass is 32.2. The Morgan fingerprint density at radius 3 is 3.04 bits per heavy atom. The van der Waals surface area contributed by atoms with Crippen LogP contribution in [-0.4, -0.2) is 39.6 Å². The number of aryl methyl sites for hydroxylation is 1. The summed E-state index contributed by atoms with van der Waals surface area (Å²) in [6.07, 6.45) is 2.81. The molecule has 0 radical (unpaired) electrons. The van der Waals surface area contributed by atoms with Gasteiger partial charge in [0.1, 0.15) is 0 Å². The van der Waals surface area contributed by atoms with E-state index in [1.165, 1.54) is 9.71 Å². The summed E-state index contributed by atoms with van der Waals surface area (Å²) in [5.74, 6) is 2.41.